The maximum atomic E-state index is 11.9. The average Bonchev–Trinajstić information content (AvgIpc) is 2.42. The highest BCUT2D eigenvalue weighted by molar-refractivity contribution is 5.68. The van der Waals surface area contributed by atoms with Gasteiger partial charge in [0.2, 0.25) is 0 Å². The van der Waals surface area contributed by atoms with Crippen LogP contribution < -0.4 is 0 Å². The predicted octanol–water partition coefficient (Wildman–Crippen LogP) is 2.26. The lowest BCUT2D eigenvalue weighted by Crippen LogP contribution is -2.36. The fourth-order valence-electron chi connectivity index (χ4n) is 2.11. The number of carbonyl (C=O) groups is 1. The van der Waals surface area contributed by atoms with Crippen molar-refractivity contribution in [1.82, 2.24) is 4.90 Å². The van der Waals surface area contributed by atoms with Gasteiger partial charge in [-0.05, 0) is 26.2 Å². The molecule has 1 saturated heterocycles. The van der Waals surface area contributed by atoms with Gasteiger partial charge in [0.1, 0.15) is 5.60 Å². The molecule has 0 unspecified atom stereocenters. The molecule has 0 saturated carbocycles. The zero-order valence-corrected chi connectivity index (χ0v) is 11.8. The van der Waals surface area contributed by atoms with Crippen LogP contribution in [0.15, 0.2) is 0 Å². The lowest BCUT2D eigenvalue weighted by Gasteiger charge is -2.29. The normalized spacial score (nSPS) is 26.2. The van der Waals surface area contributed by atoms with E-state index in [0.29, 0.717) is 13.1 Å². The first-order valence-corrected chi connectivity index (χ1v) is 6.17. The third-order valence-corrected chi connectivity index (χ3v) is 3.05. The summed E-state index contributed by atoms with van der Waals surface area (Å²) in [5.74, 6) is 0.106. The van der Waals surface area contributed by atoms with Crippen LogP contribution in [0.3, 0.4) is 0 Å². The molecule has 0 aromatic heterocycles. The summed E-state index contributed by atoms with van der Waals surface area (Å²) in [4.78, 5) is 13.5. The molecule has 1 aliphatic rings. The summed E-state index contributed by atoms with van der Waals surface area (Å²) in [6, 6.07) is 0. The molecule has 1 N–H and O–H groups in total. The number of ether oxygens (including phenoxy) is 1. The number of amides is 1. The Morgan fingerprint density at radius 2 is 1.71 bits per heavy atom. The van der Waals surface area contributed by atoms with E-state index in [1.165, 1.54) is 0 Å². The standard InChI is InChI=1S/C13H25NO3/c1-12(2,3)9-7-14(8-10(9)15)11(16)17-13(4,5)6/h9-10,15H,7-8H2,1-6H3/t9-,10-/m0/s1. The second-order valence-corrected chi connectivity index (χ2v) is 6.93. The van der Waals surface area contributed by atoms with Gasteiger partial charge in [-0.2, -0.15) is 0 Å². The maximum absolute atomic E-state index is 11.9. The van der Waals surface area contributed by atoms with Crippen molar-refractivity contribution in [2.24, 2.45) is 11.3 Å². The molecule has 1 amide bonds. The minimum Gasteiger partial charge on any atom is -0.444 e. The molecule has 0 aliphatic carbocycles. The van der Waals surface area contributed by atoms with Crippen LogP contribution in [0.4, 0.5) is 4.79 Å². The van der Waals surface area contributed by atoms with Gasteiger partial charge in [-0.1, -0.05) is 20.8 Å². The molecule has 0 aromatic carbocycles. The first kappa shape index (κ1) is 14.3. The Hall–Kier alpha value is -0.770. The van der Waals surface area contributed by atoms with E-state index in [1.807, 2.05) is 20.8 Å². The SMILES string of the molecule is CC(C)(C)OC(=O)N1C[C@H](O)[C@@H](C(C)(C)C)C1. The fourth-order valence-corrected chi connectivity index (χ4v) is 2.11. The molecule has 0 spiro atoms. The molecule has 1 fully saturated rings. The van der Waals surface area contributed by atoms with Crippen LogP contribution in [-0.4, -0.2) is 40.9 Å². The third-order valence-electron chi connectivity index (χ3n) is 3.05. The molecular formula is C13H25NO3. The summed E-state index contributed by atoms with van der Waals surface area (Å²) in [5, 5.41) is 9.99. The van der Waals surface area contributed by atoms with Gasteiger partial charge < -0.3 is 14.7 Å². The van der Waals surface area contributed by atoms with Crippen molar-refractivity contribution < 1.29 is 14.6 Å². The van der Waals surface area contributed by atoms with Gasteiger partial charge in [-0.15, -0.1) is 0 Å². The first-order chi connectivity index (χ1) is 7.50. The maximum Gasteiger partial charge on any atom is 0.410 e. The molecular weight excluding hydrogens is 218 g/mol. The molecule has 1 aliphatic heterocycles. The number of aliphatic hydroxyl groups excluding tert-OH is 1. The van der Waals surface area contributed by atoms with E-state index in [2.05, 4.69) is 20.8 Å². The van der Waals surface area contributed by atoms with E-state index in [-0.39, 0.29) is 17.4 Å². The number of likely N-dealkylation sites (tertiary alicyclic amines) is 1. The molecule has 2 atom stereocenters. The van der Waals surface area contributed by atoms with Crippen LogP contribution in [0.1, 0.15) is 41.5 Å². The van der Waals surface area contributed by atoms with Crippen LogP contribution in [0.25, 0.3) is 0 Å². The monoisotopic (exact) mass is 243 g/mol. The molecule has 0 radical (unpaired) electrons. The molecule has 100 valence electrons. The number of rotatable bonds is 0. The summed E-state index contributed by atoms with van der Waals surface area (Å²) in [5.41, 5.74) is -0.488. The van der Waals surface area contributed by atoms with E-state index >= 15 is 0 Å². The molecule has 17 heavy (non-hydrogen) atoms. The molecule has 1 heterocycles. The van der Waals surface area contributed by atoms with Crippen LogP contribution in [0, 0.1) is 11.3 Å². The van der Waals surface area contributed by atoms with Crippen molar-refractivity contribution >= 4 is 6.09 Å². The minimum atomic E-state index is -0.484. The Morgan fingerprint density at radius 3 is 2.06 bits per heavy atom. The average molecular weight is 243 g/mol. The van der Waals surface area contributed by atoms with Crippen molar-refractivity contribution in [2.75, 3.05) is 13.1 Å². The van der Waals surface area contributed by atoms with Crippen LogP contribution in [0.2, 0.25) is 0 Å². The first-order valence-electron chi connectivity index (χ1n) is 6.17. The van der Waals surface area contributed by atoms with E-state index < -0.39 is 11.7 Å². The number of hydrogen-bond acceptors (Lipinski definition) is 3. The second kappa shape index (κ2) is 4.48. The number of nitrogens with zero attached hydrogens (tertiary/aromatic N) is 1. The molecule has 1 rings (SSSR count). The largest absolute Gasteiger partial charge is 0.444 e. The van der Waals surface area contributed by atoms with Gasteiger partial charge in [0.05, 0.1) is 12.6 Å². The number of aliphatic hydroxyl groups is 1. The molecule has 0 aromatic rings. The summed E-state index contributed by atoms with van der Waals surface area (Å²) in [6.45, 7) is 12.7. The van der Waals surface area contributed by atoms with E-state index in [9.17, 15) is 9.90 Å². The van der Waals surface area contributed by atoms with E-state index in [0.717, 1.165) is 0 Å². The highest BCUT2D eigenvalue weighted by atomic mass is 16.6. The zero-order chi connectivity index (χ0) is 13.4. The third kappa shape index (κ3) is 3.87. The summed E-state index contributed by atoms with van der Waals surface area (Å²) < 4.78 is 5.31. The highest BCUT2D eigenvalue weighted by Crippen LogP contribution is 2.34. The van der Waals surface area contributed by atoms with Gasteiger partial charge in [0, 0.05) is 12.5 Å². The Morgan fingerprint density at radius 1 is 1.18 bits per heavy atom. The Balaban J connectivity index is 2.63. The number of hydrogen-bond donors (Lipinski definition) is 1. The summed E-state index contributed by atoms with van der Waals surface area (Å²) >= 11 is 0. The van der Waals surface area contributed by atoms with Crippen molar-refractivity contribution in [3.8, 4) is 0 Å². The lowest BCUT2D eigenvalue weighted by atomic mass is 9.79. The van der Waals surface area contributed by atoms with E-state index in [4.69, 9.17) is 4.74 Å². The zero-order valence-electron chi connectivity index (χ0n) is 11.8. The van der Waals surface area contributed by atoms with Crippen LogP contribution >= 0.6 is 0 Å². The predicted molar refractivity (Wildman–Crippen MR) is 66.8 cm³/mol. The quantitative estimate of drug-likeness (QED) is 0.710. The van der Waals surface area contributed by atoms with Gasteiger partial charge in [-0.25, -0.2) is 4.79 Å². The van der Waals surface area contributed by atoms with Crippen molar-refractivity contribution in [3.05, 3.63) is 0 Å². The van der Waals surface area contributed by atoms with Crippen molar-refractivity contribution in [1.29, 1.82) is 0 Å². The Bertz CT molecular complexity index is 288. The fraction of sp³-hybridized carbons (Fsp3) is 0.923. The highest BCUT2D eigenvalue weighted by Gasteiger charge is 2.41. The Labute approximate surface area is 104 Å². The lowest BCUT2D eigenvalue weighted by molar-refractivity contribution is 0.0269. The Kier molecular flexibility index (Phi) is 3.77. The van der Waals surface area contributed by atoms with Crippen molar-refractivity contribution in [3.63, 3.8) is 0 Å². The second-order valence-electron chi connectivity index (χ2n) is 6.93. The summed E-state index contributed by atoms with van der Waals surface area (Å²) in [6.07, 6.45) is -0.786. The van der Waals surface area contributed by atoms with Gasteiger partial charge in [0.25, 0.3) is 0 Å². The van der Waals surface area contributed by atoms with E-state index in [1.54, 1.807) is 4.90 Å². The van der Waals surface area contributed by atoms with Gasteiger partial charge >= 0.3 is 6.09 Å². The van der Waals surface area contributed by atoms with Gasteiger partial charge in [-0.3, -0.25) is 0 Å². The smallest absolute Gasteiger partial charge is 0.410 e. The molecule has 0 bridgehead atoms. The van der Waals surface area contributed by atoms with Crippen LogP contribution in [-0.2, 0) is 4.74 Å². The number of carbonyl (C=O) groups excluding carboxylic acids is 1. The van der Waals surface area contributed by atoms with Crippen LogP contribution in [0.5, 0.6) is 0 Å². The van der Waals surface area contributed by atoms with Crippen molar-refractivity contribution in [2.45, 2.75) is 53.2 Å². The minimum absolute atomic E-state index is 0.00379. The van der Waals surface area contributed by atoms with Gasteiger partial charge in [0.15, 0.2) is 0 Å². The topological polar surface area (TPSA) is 49.8 Å². The number of β-amino-alcohol motifs (C(OH)–C–C–N with tert-alkyl or cyclic N) is 1. The molecule has 4 nitrogen and oxygen atoms in total. The molecule has 4 heteroatoms. The summed E-state index contributed by atoms with van der Waals surface area (Å²) in [7, 11) is 0.